The molecule has 0 amide bonds. The van der Waals surface area contributed by atoms with Crippen molar-refractivity contribution in [2.75, 3.05) is 34.9 Å². The van der Waals surface area contributed by atoms with Gasteiger partial charge in [-0.1, -0.05) is 0 Å². The number of rotatable bonds is 8. The van der Waals surface area contributed by atoms with E-state index in [0.717, 1.165) is 37.3 Å². The van der Waals surface area contributed by atoms with Crippen molar-refractivity contribution in [1.29, 1.82) is 0 Å². The highest BCUT2D eigenvalue weighted by atomic mass is 16.5. The van der Waals surface area contributed by atoms with Gasteiger partial charge in [0.05, 0.1) is 21.3 Å². The van der Waals surface area contributed by atoms with Crippen LogP contribution in [0.25, 0.3) is 0 Å². The van der Waals surface area contributed by atoms with Gasteiger partial charge < -0.3 is 19.5 Å². The van der Waals surface area contributed by atoms with Gasteiger partial charge in [0.15, 0.2) is 11.5 Å². The number of nitrogens with one attached hydrogen (secondary N) is 1. The van der Waals surface area contributed by atoms with Crippen molar-refractivity contribution in [3.63, 3.8) is 0 Å². The molecule has 1 N–H and O–H groups in total. The van der Waals surface area contributed by atoms with Crippen LogP contribution in [0.5, 0.6) is 17.2 Å². The third-order valence-electron chi connectivity index (χ3n) is 2.87. The van der Waals surface area contributed by atoms with E-state index in [4.69, 9.17) is 14.2 Å². The minimum absolute atomic E-state index is 0.652. The second-order valence-electron chi connectivity index (χ2n) is 4.09. The van der Waals surface area contributed by atoms with Crippen molar-refractivity contribution >= 4 is 0 Å². The van der Waals surface area contributed by atoms with Crippen molar-refractivity contribution in [2.24, 2.45) is 0 Å². The van der Waals surface area contributed by atoms with E-state index in [1.807, 2.05) is 19.2 Å². The maximum Gasteiger partial charge on any atom is 0.203 e. The zero-order valence-corrected chi connectivity index (χ0v) is 11.7. The topological polar surface area (TPSA) is 39.7 Å². The van der Waals surface area contributed by atoms with Gasteiger partial charge in [0.2, 0.25) is 5.75 Å². The molecule has 0 aliphatic heterocycles. The fourth-order valence-electron chi connectivity index (χ4n) is 1.91. The first-order valence-electron chi connectivity index (χ1n) is 6.20. The first kappa shape index (κ1) is 14.6. The second kappa shape index (κ2) is 7.82. The van der Waals surface area contributed by atoms with E-state index in [-0.39, 0.29) is 0 Å². The lowest BCUT2D eigenvalue weighted by molar-refractivity contribution is 0.323. The monoisotopic (exact) mass is 253 g/mol. The summed E-state index contributed by atoms with van der Waals surface area (Å²) in [6.45, 7) is 1.05. The molecule has 0 aliphatic carbocycles. The number of hydrogen-bond donors (Lipinski definition) is 1. The molecule has 0 bridgehead atoms. The van der Waals surface area contributed by atoms with Gasteiger partial charge in [-0.3, -0.25) is 0 Å². The summed E-state index contributed by atoms with van der Waals surface area (Å²) in [5, 5.41) is 3.15. The maximum atomic E-state index is 5.33. The highest BCUT2D eigenvalue weighted by Crippen LogP contribution is 2.38. The molecule has 1 aromatic carbocycles. The van der Waals surface area contributed by atoms with Crippen molar-refractivity contribution in [3.05, 3.63) is 17.7 Å². The van der Waals surface area contributed by atoms with Crippen LogP contribution < -0.4 is 19.5 Å². The number of ether oxygens (including phenoxy) is 3. The summed E-state index contributed by atoms with van der Waals surface area (Å²) in [5.41, 5.74) is 1.21. The van der Waals surface area contributed by atoms with Gasteiger partial charge in [-0.05, 0) is 50.6 Å². The molecule has 0 fully saturated rings. The van der Waals surface area contributed by atoms with Crippen LogP contribution in [0.2, 0.25) is 0 Å². The Balaban J connectivity index is 2.80. The lowest BCUT2D eigenvalue weighted by atomic mass is 10.1. The highest BCUT2D eigenvalue weighted by molar-refractivity contribution is 5.53. The maximum absolute atomic E-state index is 5.33. The number of methoxy groups -OCH3 is 3. The van der Waals surface area contributed by atoms with Gasteiger partial charge in [0.1, 0.15) is 0 Å². The summed E-state index contributed by atoms with van der Waals surface area (Å²) in [5.74, 6) is 2.10. The van der Waals surface area contributed by atoms with Crippen LogP contribution in [0.4, 0.5) is 0 Å². The lowest BCUT2D eigenvalue weighted by Gasteiger charge is -2.14. The zero-order valence-electron chi connectivity index (χ0n) is 11.7. The van der Waals surface area contributed by atoms with Gasteiger partial charge in [-0.25, -0.2) is 0 Å². The summed E-state index contributed by atoms with van der Waals surface area (Å²) in [4.78, 5) is 0. The van der Waals surface area contributed by atoms with Crippen molar-refractivity contribution in [1.82, 2.24) is 5.32 Å². The van der Waals surface area contributed by atoms with E-state index >= 15 is 0 Å². The Morgan fingerprint density at radius 3 is 2.00 bits per heavy atom. The Bertz CT molecular complexity index is 341. The molecule has 0 radical (unpaired) electrons. The molecular formula is C14H23NO3. The van der Waals surface area contributed by atoms with Crippen LogP contribution in [0.3, 0.4) is 0 Å². The fraction of sp³-hybridized carbons (Fsp3) is 0.571. The Morgan fingerprint density at radius 2 is 1.56 bits per heavy atom. The summed E-state index contributed by atoms with van der Waals surface area (Å²) in [7, 11) is 6.87. The molecule has 4 heteroatoms. The zero-order chi connectivity index (χ0) is 13.4. The summed E-state index contributed by atoms with van der Waals surface area (Å²) in [6.07, 6.45) is 3.31. The van der Waals surface area contributed by atoms with Crippen LogP contribution in [0.15, 0.2) is 12.1 Å². The van der Waals surface area contributed by atoms with Crippen LogP contribution in [0, 0.1) is 0 Å². The summed E-state index contributed by atoms with van der Waals surface area (Å²) in [6, 6.07) is 4.03. The van der Waals surface area contributed by atoms with Gasteiger partial charge >= 0.3 is 0 Å². The molecule has 0 unspecified atom stereocenters. The van der Waals surface area contributed by atoms with Crippen LogP contribution >= 0.6 is 0 Å². The highest BCUT2D eigenvalue weighted by Gasteiger charge is 2.12. The molecule has 102 valence electrons. The third kappa shape index (κ3) is 3.81. The number of benzene rings is 1. The first-order chi connectivity index (χ1) is 8.76. The van der Waals surface area contributed by atoms with E-state index in [1.54, 1.807) is 21.3 Å². The average Bonchev–Trinajstić information content (AvgIpc) is 2.42. The van der Waals surface area contributed by atoms with Crippen LogP contribution in [-0.2, 0) is 6.42 Å². The minimum Gasteiger partial charge on any atom is -0.493 e. The molecule has 0 saturated carbocycles. The smallest absolute Gasteiger partial charge is 0.203 e. The van der Waals surface area contributed by atoms with Gasteiger partial charge in [0, 0.05) is 0 Å². The molecular weight excluding hydrogens is 230 g/mol. The molecule has 0 aliphatic rings. The molecule has 1 rings (SSSR count). The van der Waals surface area contributed by atoms with Crippen molar-refractivity contribution in [2.45, 2.75) is 19.3 Å². The standard InChI is InChI=1S/C14H23NO3/c1-15-8-6-5-7-11-9-12(16-2)14(18-4)13(10-11)17-3/h9-10,15H,5-8H2,1-4H3. The molecule has 0 aromatic heterocycles. The second-order valence-corrected chi connectivity index (χ2v) is 4.09. The number of hydrogen-bond acceptors (Lipinski definition) is 4. The van der Waals surface area contributed by atoms with Gasteiger partial charge in [-0.2, -0.15) is 0 Å². The molecule has 0 heterocycles. The Kier molecular flexibility index (Phi) is 6.36. The largest absolute Gasteiger partial charge is 0.493 e. The van der Waals surface area contributed by atoms with Crippen LogP contribution in [0.1, 0.15) is 18.4 Å². The molecule has 1 aromatic rings. The normalized spacial score (nSPS) is 10.2. The fourth-order valence-corrected chi connectivity index (χ4v) is 1.91. The molecule has 0 atom stereocenters. The summed E-state index contributed by atoms with van der Waals surface area (Å²) < 4.78 is 16.0. The van der Waals surface area contributed by atoms with Gasteiger partial charge in [0.25, 0.3) is 0 Å². The molecule has 0 spiro atoms. The summed E-state index contributed by atoms with van der Waals surface area (Å²) >= 11 is 0. The lowest BCUT2D eigenvalue weighted by Crippen LogP contribution is -2.07. The van der Waals surface area contributed by atoms with E-state index in [2.05, 4.69) is 5.32 Å². The van der Waals surface area contributed by atoms with E-state index in [1.165, 1.54) is 5.56 Å². The SMILES string of the molecule is CNCCCCc1cc(OC)c(OC)c(OC)c1. The van der Waals surface area contributed by atoms with E-state index in [9.17, 15) is 0 Å². The quantitative estimate of drug-likeness (QED) is 0.721. The Hall–Kier alpha value is -1.42. The Morgan fingerprint density at radius 1 is 0.944 bits per heavy atom. The van der Waals surface area contributed by atoms with E-state index < -0.39 is 0 Å². The molecule has 18 heavy (non-hydrogen) atoms. The van der Waals surface area contributed by atoms with Crippen molar-refractivity contribution < 1.29 is 14.2 Å². The number of unbranched alkanes of at least 4 members (excludes halogenated alkanes) is 1. The predicted octanol–water partition coefficient (Wildman–Crippen LogP) is 2.25. The average molecular weight is 253 g/mol. The van der Waals surface area contributed by atoms with Gasteiger partial charge in [-0.15, -0.1) is 0 Å². The first-order valence-corrected chi connectivity index (χ1v) is 6.20. The third-order valence-corrected chi connectivity index (χ3v) is 2.87. The predicted molar refractivity (Wildman–Crippen MR) is 73.0 cm³/mol. The van der Waals surface area contributed by atoms with Crippen LogP contribution in [-0.4, -0.2) is 34.9 Å². The molecule has 0 saturated heterocycles. The molecule has 4 nitrogen and oxygen atoms in total. The van der Waals surface area contributed by atoms with Crippen molar-refractivity contribution in [3.8, 4) is 17.2 Å². The van der Waals surface area contributed by atoms with E-state index in [0.29, 0.717) is 5.75 Å². The Labute approximate surface area is 109 Å². The number of aryl methyl sites for hydroxylation is 1. The minimum atomic E-state index is 0.652.